The molecule has 0 aromatic heterocycles. The van der Waals surface area contributed by atoms with Gasteiger partial charge in [0.2, 0.25) is 5.91 Å². The highest BCUT2D eigenvalue weighted by Gasteiger charge is 2.21. The van der Waals surface area contributed by atoms with Gasteiger partial charge in [0.15, 0.2) is 0 Å². The number of carbonyl (C=O) groups is 1. The molecule has 2 rings (SSSR count). The van der Waals surface area contributed by atoms with Crippen LogP contribution in [-0.4, -0.2) is 16.9 Å². The van der Waals surface area contributed by atoms with Gasteiger partial charge >= 0.3 is 0 Å². The van der Waals surface area contributed by atoms with Crippen molar-refractivity contribution < 1.29 is 18.5 Å². The lowest BCUT2D eigenvalue weighted by Gasteiger charge is -2.20. The third-order valence-electron chi connectivity index (χ3n) is 3.68. The smallest absolute Gasteiger partial charge is 0.292 e. The average Bonchev–Trinajstić information content (AvgIpc) is 2.54. The van der Waals surface area contributed by atoms with Crippen LogP contribution >= 0.6 is 0 Å². The Hall–Kier alpha value is -2.87. The summed E-state index contributed by atoms with van der Waals surface area (Å²) in [6.45, 7) is 3.17. The van der Waals surface area contributed by atoms with Crippen molar-refractivity contribution in [1.29, 1.82) is 0 Å². The van der Waals surface area contributed by atoms with Crippen LogP contribution in [0.1, 0.15) is 25.5 Å². The Kier molecular flexibility index (Phi) is 5.76. The Bertz CT molecular complexity index is 798. The predicted octanol–water partition coefficient (Wildman–Crippen LogP) is 3.55. The fourth-order valence-corrected chi connectivity index (χ4v) is 2.37. The zero-order valence-corrected chi connectivity index (χ0v) is 13.6. The van der Waals surface area contributed by atoms with Gasteiger partial charge in [0.1, 0.15) is 17.3 Å². The first-order chi connectivity index (χ1) is 11.8. The molecule has 0 saturated heterocycles. The number of carbonyl (C=O) groups excluding carboxylic acids is 1. The van der Waals surface area contributed by atoms with Gasteiger partial charge in [-0.25, -0.2) is 8.78 Å². The number of hydrogen-bond acceptors (Lipinski definition) is 4. The third-order valence-corrected chi connectivity index (χ3v) is 3.68. The molecular formula is C17H17F2N3O3. The highest BCUT2D eigenvalue weighted by Crippen LogP contribution is 2.23. The quantitative estimate of drug-likeness (QED) is 0.617. The van der Waals surface area contributed by atoms with Crippen molar-refractivity contribution in [3.8, 4) is 0 Å². The number of nitro groups is 1. The second-order valence-electron chi connectivity index (χ2n) is 5.54. The number of rotatable bonds is 6. The summed E-state index contributed by atoms with van der Waals surface area (Å²) in [5, 5.41) is 16.3. The molecule has 2 atom stereocenters. The normalized spacial score (nSPS) is 13.1. The Morgan fingerprint density at radius 3 is 2.48 bits per heavy atom. The molecule has 0 unspecified atom stereocenters. The highest BCUT2D eigenvalue weighted by atomic mass is 19.1. The van der Waals surface area contributed by atoms with Crippen LogP contribution < -0.4 is 10.6 Å². The SMILES string of the molecule is C[C@H](N[C@@H](C)c1ccc(F)cc1F)C(=O)Nc1ccccc1[N+](=O)[O-]. The lowest BCUT2D eigenvalue weighted by Crippen LogP contribution is -2.39. The van der Waals surface area contributed by atoms with Gasteiger partial charge in [-0.3, -0.25) is 20.2 Å². The van der Waals surface area contributed by atoms with E-state index in [4.69, 9.17) is 0 Å². The minimum absolute atomic E-state index is 0.0757. The zero-order chi connectivity index (χ0) is 18.6. The standard InChI is InChI=1S/C17H17F2N3O3/c1-10(13-8-7-12(18)9-14(13)19)20-11(2)17(23)21-15-5-3-4-6-16(15)22(24)25/h3-11,20H,1-2H3,(H,21,23)/t10-,11-/m0/s1. The van der Waals surface area contributed by atoms with E-state index in [0.717, 1.165) is 12.1 Å². The zero-order valence-electron chi connectivity index (χ0n) is 13.6. The molecule has 0 radical (unpaired) electrons. The van der Waals surface area contributed by atoms with Crippen LogP contribution in [0.15, 0.2) is 42.5 Å². The number of anilines is 1. The van der Waals surface area contributed by atoms with Crippen molar-refractivity contribution in [1.82, 2.24) is 5.32 Å². The van der Waals surface area contributed by atoms with E-state index in [0.29, 0.717) is 0 Å². The Balaban J connectivity index is 2.06. The largest absolute Gasteiger partial charge is 0.319 e. The summed E-state index contributed by atoms with van der Waals surface area (Å²) in [5.41, 5.74) is 0.0687. The summed E-state index contributed by atoms with van der Waals surface area (Å²) < 4.78 is 26.8. The molecular weight excluding hydrogens is 332 g/mol. The fraction of sp³-hybridized carbons (Fsp3) is 0.235. The molecule has 0 heterocycles. The number of nitro benzene ring substituents is 1. The van der Waals surface area contributed by atoms with Crippen LogP contribution in [0.3, 0.4) is 0 Å². The maximum absolute atomic E-state index is 13.8. The van der Waals surface area contributed by atoms with Gasteiger partial charge in [-0.15, -0.1) is 0 Å². The van der Waals surface area contributed by atoms with Gasteiger partial charge in [-0.2, -0.15) is 0 Å². The second-order valence-corrected chi connectivity index (χ2v) is 5.54. The number of nitrogens with one attached hydrogen (secondary N) is 2. The molecule has 2 N–H and O–H groups in total. The Labute approximate surface area is 143 Å². The van der Waals surface area contributed by atoms with Crippen LogP contribution in [0.5, 0.6) is 0 Å². The van der Waals surface area contributed by atoms with Crippen molar-refractivity contribution in [2.45, 2.75) is 25.9 Å². The molecule has 0 aliphatic heterocycles. The maximum Gasteiger partial charge on any atom is 0.292 e. The second kappa shape index (κ2) is 7.80. The number of benzene rings is 2. The van der Waals surface area contributed by atoms with Gasteiger partial charge in [0.05, 0.1) is 11.0 Å². The monoisotopic (exact) mass is 349 g/mol. The molecule has 2 aromatic rings. The summed E-state index contributed by atoms with van der Waals surface area (Å²) in [7, 11) is 0. The predicted molar refractivity (Wildman–Crippen MR) is 89.1 cm³/mol. The van der Waals surface area contributed by atoms with Gasteiger partial charge in [0, 0.05) is 23.7 Å². The molecule has 1 amide bonds. The maximum atomic E-state index is 13.8. The van der Waals surface area contributed by atoms with E-state index in [1.165, 1.54) is 24.3 Å². The van der Waals surface area contributed by atoms with E-state index in [1.807, 2.05) is 0 Å². The number of halogens is 2. The summed E-state index contributed by atoms with van der Waals surface area (Å²) in [5.74, 6) is -1.91. The first kappa shape index (κ1) is 18.5. The van der Waals surface area contributed by atoms with Gasteiger partial charge < -0.3 is 5.32 Å². The molecule has 0 fully saturated rings. The molecule has 0 aliphatic rings. The molecule has 0 bridgehead atoms. The van der Waals surface area contributed by atoms with Crippen LogP contribution in [0.4, 0.5) is 20.2 Å². The lowest BCUT2D eigenvalue weighted by molar-refractivity contribution is -0.383. The van der Waals surface area contributed by atoms with Crippen LogP contribution in [-0.2, 0) is 4.79 Å². The molecule has 132 valence electrons. The molecule has 25 heavy (non-hydrogen) atoms. The molecule has 0 saturated carbocycles. The van der Waals surface area contributed by atoms with Crippen molar-refractivity contribution >= 4 is 17.3 Å². The van der Waals surface area contributed by atoms with Gasteiger partial charge in [-0.1, -0.05) is 18.2 Å². The number of amides is 1. The molecule has 8 heteroatoms. The highest BCUT2D eigenvalue weighted by molar-refractivity contribution is 5.96. The minimum Gasteiger partial charge on any atom is -0.319 e. The van der Waals surface area contributed by atoms with Gasteiger partial charge in [-0.05, 0) is 26.0 Å². The molecule has 2 aromatic carbocycles. The van der Waals surface area contributed by atoms with Crippen molar-refractivity contribution in [2.75, 3.05) is 5.32 Å². The first-order valence-corrected chi connectivity index (χ1v) is 7.55. The van der Waals surface area contributed by atoms with E-state index in [1.54, 1.807) is 19.9 Å². The van der Waals surface area contributed by atoms with E-state index >= 15 is 0 Å². The van der Waals surface area contributed by atoms with Gasteiger partial charge in [0.25, 0.3) is 5.69 Å². The number of hydrogen-bond donors (Lipinski definition) is 2. The summed E-state index contributed by atoms with van der Waals surface area (Å²) in [6, 6.07) is 7.64. The third kappa shape index (κ3) is 4.57. The van der Waals surface area contributed by atoms with Crippen LogP contribution in [0.2, 0.25) is 0 Å². The average molecular weight is 349 g/mol. The lowest BCUT2D eigenvalue weighted by atomic mass is 10.1. The summed E-state index contributed by atoms with van der Waals surface area (Å²) in [4.78, 5) is 22.6. The van der Waals surface area contributed by atoms with Crippen molar-refractivity contribution in [3.63, 3.8) is 0 Å². The van der Waals surface area contributed by atoms with Crippen molar-refractivity contribution in [2.24, 2.45) is 0 Å². The summed E-state index contributed by atoms with van der Waals surface area (Å²) >= 11 is 0. The van der Waals surface area contributed by atoms with Crippen molar-refractivity contribution in [3.05, 3.63) is 69.8 Å². The molecule has 0 spiro atoms. The van der Waals surface area contributed by atoms with E-state index in [-0.39, 0.29) is 16.9 Å². The Morgan fingerprint density at radius 1 is 1.16 bits per heavy atom. The first-order valence-electron chi connectivity index (χ1n) is 7.55. The number of para-hydroxylation sites is 2. The van der Waals surface area contributed by atoms with Crippen LogP contribution in [0.25, 0.3) is 0 Å². The summed E-state index contributed by atoms with van der Waals surface area (Å²) in [6.07, 6.45) is 0. The minimum atomic E-state index is -0.765. The fourth-order valence-electron chi connectivity index (χ4n) is 2.37. The van der Waals surface area contributed by atoms with E-state index < -0.39 is 34.5 Å². The van der Waals surface area contributed by atoms with E-state index in [9.17, 15) is 23.7 Å². The topological polar surface area (TPSA) is 84.3 Å². The van der Waals surface area contributed by atoms with E-state index in [2.05, 4.69) is 10.6 Å². The number of nitrogens with zero attached hydrogens (tertiary/aromatic N) is 1. The molecule has 6 nitrogen and oxygen atoms in total. The van der Waals surface area contributed by atoms with Crippen LogP contribution in [0, 0.1) is 21.7 Å². The Morgan fingerprint density at radius 2 is 1.84 bits per heavy atom. The molecule has 0 aliphatic carbocycles.